The maximum atomic E-state index is 11.1. The van der Waals surface area contributed by atoms with Gasteiger partial charge in [-0.3, -0.25) is 0 Å². The quantitative estimate of drug-likeness (QED) is 0.611. The fourth-order valence-electron chi connectivity index (χ4n) is 2.36. The Morgan fingerprint density at radius 3 is 2.46 bits per heavy atom. The number of carboxylic acid groups (broad SMARTS) is 1. The third-order valence-electron chi connectivity index (χ3n) is 3.61. The van der Waals surface area contributed by atoms with E-state index in [9.17, 15) is 4.79 Å². The Morgan fingerprint density at radius 1 is 1.18 bits per heavy atom. The fraction of sp³-hybridized carbons (Fsp3) is 0.227. The molecule has 2 rings (SSSR count). The summed E-state index contributed by atoms with van der Waals surface area (Å²) < 4.78 is 10.8. The maximum Gasteiger partial charge on any atom is 0.333 e. The molecule has 0 spiro atoms. The molecule has 0 amide bonds. The number of benzene rings is 2. The van der Waals surface area contributed by atoms with E-state index in [1.54, 1.807) is 49.4 Å². The second-order valence-corrected chi connectivity index (χ2v) is 6.64. The van der Waals surface area contributed by atoms with E-state index >= 15 is 0 Å². The second-order valence-electron chi connectivity index (χ2n) is 5.77. The van der Waals surface area contributed by atoms with Gasteiger partial charge in [0.05, 0.1) is 0 Å². The average molecular weight is 419 g/mol. The minimum atomic E-state index is -0.964. The molecule has 0 saturated carbocycles. The van der Waals surface area contributed by atoms with Crippen LogP contribution < -0.4 is 4.74 Å². The molecule has 0 aliphatic rings. The summed E-state index contributed by atoms with van der Waals surface area (Å²) >= 11 is 11.8. The van der Waals surface area contributed by atoms with E-state index in [0.29, 0.717) is 35.4 Å². The van der Waals surface area contributed by atoms with Crippen molar-refractivity contribution in [1.29, 1.82) is 0 Å². The van der Waals surface area contributed by atoms with Gasteiger partial charge in [-0.25, -0.2) is 4.79 Å². The number of allylic oxidation sites excluding steroid dienone is 1. The van der Waals surface area contributed by atoms with Crippen LogP contribution in [0, 0.1) is 11.8 Å². The Labute approximate surface area is 174 Å². The summed E-state index contributed by atoms with van der Waals surface area (Å²) in [6, 6.07) is 12.4. The number of carbonyl (C=O) groups is 1. The largest absolute Gasteiger partial charge is 0.490 e. The van der Waals surface area contributed by atoms with Gasteiger partial charge < -0.3 is 14.6 Å². The van der Waals surface area contributed by atoms with Gasteiger partial charge in [0.2, 0.25) is 0 Å². The van der Waals surface area contributed by atoms with Gasteiger partial charge in [-0.05, 0) is 55.0 Å². The number of aliphatic carboxylic acids is 1. The van der Waals surface area contributed by atoms with Crippen LogP contribution in [0.15, 0.2) is 54.6 Å². The Bertz CT molecular complexity index is 859. The molecule has 2 aromatic rings. The molecule has 0 heterocycles. The summed E-state index contributed by atoms with van der Waals surface area (Å²) in [5.41, 5.74) is 1.61. The molecule has 0 fully saturated rings. The van der Waals surface area contributed by atoms with Gasteiger partial charge in [0.1, 0.15) is 12.4 Å². The Kier molecular flexibility index (Phi) is 8.90. The standard InChI is InChI=1S/C22H20Cl2O4/c1-2-27-21(22(25)26)14-16-7-9-20(10-8-16)28-11-5-3-4-6-17-12-18(23)15-19(24)13-17/h3,5,7-10,12-13,15,21H,2,11,14H2,1H3,(H,25,26)/b5-3-. The second kappa shape index (κ2) is 11.4. The average Bonchev–Trinajstić information content (AvgIpc) is 2.64. The topological polar surface area (TPSA) is 55.8 Å². The minimum absolute atomic E-state index is 0.312. The number of halogens is 2. The van der Waals surface area contributed by atoms with Crippen molar-refractivity contribution in [3.05, 3.63) is 75.8 Å². The van der Waals surface area contributed by atoms with Gasteiger partial charge in [-0.1, -0.05) is 47.2 Å². The SMILES string of the molecule is CCOC(Cc1ccc(OC/C=C\C#Cc2cc(Cl)cc(Cl)c2)cc1)C(=O)O. The van der Waals surface area contributed by atoms with Crippen LogP contribution in [0.4, 0.5) is 0 Å². The van der Waals surface area contributed by atoms with E-state index in [4.69, 9.17) is 37.8 Å². The molecule has 1 atom stereocenters. The smallest absolute Gasteiger partial charge is 0.333 e. The highest BCUT2D eigenvalue weighted by Crippen LogP contribution is 2.18. The lowest BCUT2D eigenvalue weighted by molar-refractivity contribution is -0.149. The fourth-order valence-corrected chi connectivity index (χ4v) is 2.88. The molecule has 146 valence electrons. The van der Waals surface area contributed by atoms with Crippen molar-refractivity contribution in [2.75, 3.05) is 13.2 Å². The third-order valence-corrected chi connectivity index (χ3v) is 4.05. The molecule has 1 N–H and O–H groups in total. The van der Waals surface area contributed by atoms with E-state index in [0.717, 1.165) is 11.1 Å². The van der Waals surface area contributed by atoms with E-state index in [2.05, 4.69) is 11.8 Å². The Hall–Kier alpha value is -2.45. The van der Waals surface area contributed by atoms with Crippen molar-refractivity contribution in [3.8, 4) is 17.6 Å². The van der Waals surface area contributed by atoms with Crippen LogP contribution in [-0.2, 0) is 16.0 Å². The lowest BCUT2D eigenvalue weighted by atomic mass is 10.1. The van der Waals surface area contributed by atoms with E-state index < -0.39 is 12.1 Å². The van der Waals surface area contributed by atoms with Crippen molar-refractivity contribution in [2.24, 2.45) is 0 Å². The summed E-state index contributed by atoms with van der Waals surface area (Å²) in [5.74, 6) is 5.57. The van der Waals surface area contributed by atoms with Crippen molar-refractivity contribution in [3.63, 3.8) is 0 Å². The van der Waals surface area contributed by atoms with Crippen LogP contribution in [0.2, 0.25) is 10.0 Å². The van der Waals surface area contributed by atoms with Gasteiger partial charge in [-0.2, -0.15) is 0 Å². The lowest BCUT2D eigenvalue weighted by Crippen LogP contribution is -2.26. The predicted octanol–water partition coefficient (Wildman–Crippen LogP) is 5.01. The normalized spacial score (nSPS) is 11.7. The molecule has 6 heteroatoms. The molecular formula is C22H20Cl2O4. The maximum absolute atomic E-state index is 11.1. The summed E-state index contributed by atoms with van der Waals surface area (Å²) in [6.45, 7) is 2.49. The molecule has 0 saturated heterocycles. The van der Waals surface area contributed by atoms with E-state index in [-0.39, 0.29) is 0 Å². The molecule has 1 unspecified atom stereocenters. The van der Waals surface area contributed by atoms with Gasteiger partial charge >= 0.3 is 5.97 Å². The van der Waals surface area contributed by atoms with Crippen molar-refractivity contribution < 1.29 is 19.4 Å². The Balaban J connectivity index is 1.82. The molecule has 0 aliphatic carbocycles. The zero-order chi connectivity index (χ0) is 20.4. The molecule has 0 aliphatic heterocycles. The van der Waals surface area contributed by atoms with Crippen molar-refractivity contribution in [1.82, 2.24) is 0 Å². The van der Waals surface area contributed by atoms with E-state index in [1.165, 1.54) is 0 Å². The molecule has 0 aromatic heterocycles. The number of hydrogen-bond donors (Lipinski definition) is 1. The van der Waals surface area contributed by atoms with E-state index in [1.807, 2.05) is 12.1 Å². The summed E-state index contributed by atoms with van der Waals surface area (Å²) in [6.07, 6.45) is 2.96. The number of carboxylic acids is 1. The highest BCUT2D eigenvalue weighted by molar-refractivity contribution is 6.34. The number of rotatable bonds is 8. The van der Waals surface area contributed by atoms with Crippen LogP contribution in [-0.4, -0.2) is 30.4 Å². The lowest BCUT2D eigenvalue weighted by Gasteiger charge is -2.12. The molecular weight excluding hydrogens is 399 g/mol. The number of ether oxygens (including phenoxy) is 2. The first-order chi connectivity index (χ1) is 13.5. The van der Waals surface area contributed by atoms with Crippen LogP contribution in [0.1, 0.15) is 18.1 Å². The highest BCUT2D eigenvalue weighted by atomic mass is 35.5. The van der Waals surface area contributed by atoms with Gasteiger partial charge in [0, 0.05) is 28.6 Å². The van der Waals surface area contributed by atoms with Crippen LogP contribution in [0.3, 0.4) is 0 Å². The highest BCUT2D eigenvalue weighted by Gasteiger charge is 2.17. The number of hydrogen-bond acceptors (Lipinski definition) is 3. The monoisotopic (exact) mass is 418 g/mol. The first-order valence-electron chi connectivity index (χ1n) is 8.66. The Morgan fingerprint density at radius 2 is 1.86 bits per heavy atom. The molecule has 2 aromatic carbocycles. The van der Waals surface area contributed by atoms with Crippen molar-refractivity contribution in [2.45, 2.75) is 19.4 Å². The summed E-state index contributed by atoms with van der Waals surface area (Å²) in [7, 11) is 0. The minimum Gasteiger partial charge on any atom is -0.490 e. The van der Waals surface area contributed by atoms with Crippen LogP contribution in [0.25, 0.3) is 0 Å². The first-order valence-corrected chi connectivity index (χ1v) is 9.42. The summed E-state index contributed by atoms with van der Waals surface area (Å²) in [4.78, 5) is 11.1. The third kappa shape index (κ3) is 7.66. The molecule has 0 bridgehead atoms. The molecule has 4 nitrogen and oxygen atoms in total. The van der Waals surface area contributed by atoms with Crippen LogP contribution >= 0.6 is 23.2 Å². The van der Waals surface area contributed by atoms with Crippen LogP contribution in [0.5, 0.6) is 5.75 Å². The molecule has 28 heavy (non-hydrogen) atoms. The van der Waals surface area contributed by atoms with Gasteiger partial charge in [-0.15, -0.1) is 0 Å². The van der Waals surface area contributed by atoms with Crippen molar-refractivity contribution >= 4 is 29.2 Å². The zero-order valence-electron chi connectivity index (χ0n) is 15.3. The zero-order valence-corrected chi connectivity index (χ0v) is 16.8. The predicted molar refractivity (Wildman–Crippen MR) is 111 cm³/mol. The summed E-state index contributed by atoms with van der Waals surface area (Å²) in [5, 5.41) is 10.2. The van der Waals surface area contributed by atoms with Gasteiger partial charge in [0.15, 0.2) is 6.10 Å². The molecule has 0 radical (unpaired) electrons. The van der Waals surface area contributed by atoms with Gasteiger partial charge in [0.25, 0.3) is 0 Å². The first kappa shape index (κ1) is 21.8.